The molecule has 53 heavy (non-hydrogen) atoms. The first-order chi connectivity index (χ1) is 25.5. The number of rotatable bonds is 35. The van der Waals surface area contributed by atoms with E-state index in [4.69, 9.17) is 14.2 Å². The van der Waals surface area contributed by atoms with E-state index in [0.29, 0.717) is 38.4 Å². The van der Waals surface area contributed by atoms with Crippen LogP contribution in [0.2, 0.25) is 0 Å². The zero-order valence-electron chi connectivity index (χ0n) is 35.3. The van der Waals surface area contributed by atoms with Crippen molar-refractivity contribution in [2.75, 3.05) is 33.9 Å². The molecule has 0 spiro atoms. The summed E-state index contributed by atoms with van der Waals surface area (Å²) in [4.78, 5) is 39.5. The van der Waals surface area contributed by atoms with E-state index >= 15 is 0 Å². The van der Waals surface area contributed by atoms with Crippen molar-refractivity contribution in [2.24, 2.45) is 11.3 Å². The van der Waals surface area contributed by atoms with Gasteiger partial charge in [0.05, 0.1) is 6.42 Å². The van der Waals surface area contributed by atoms with Crippen molar-refractivity contribution in [3.8, 4) is 0 Å². The topological polar surface area (TPSA) is 82.1 Å². The summed E-state index contributed by atoms with van der Waals surface area (Å²) in [7, 11) is 4.18. The molecule has 0 aromatic heterocycles. The van der Waals surface area contributed by atoms with Crippen LogP contribution in [0.4, 0.5) is 0 Å². The van der Waals surface area contributed by atoms with Crippen molar-refractivity contribution < 1.29 is 28.6 Å². The molecule has 0 aliphatic rings. The molecule has 0 heterocycles. The van der Waals surface area contributed by atoms with Crippen LogP contribution in [-0.4, -0.2) is 62.8 Å². The first kappa shape index (κ1) is 50.3. The lowest BCUT2D eigenvalue weighted by molar-refractivity contribution is -0.152. The number of esters is 3. The Morgan fingerprint density at radius 3 is 1.49 bits per heavy atom. The SMILES string of the molecule is CCC/C=C\C/C=C\COC(=O)CCCCCCCC(CCCCCCCC(=O)OC/C=C\C/C=C\CCC)OC(=O)CC(C)(C)CC(C)CN(C)C. The van der Waals surface area contributed by atoms with Crippen LogP contribution in [0.3, 0.4) is 0 Å². The van der Waals surface area contributed by atoms with Gasteiger partial charge in [-0.15, -0.1) is 0 Å². The second-order valence-corrected chi connectivity index (χ2v) is 15.9. The van der Waals surface area contributed by atoms with Gasteiger partial charge in [-0.05, 0) is 96.1 Å². The summed E-state index contributed by atoms with van der Waals surface area (Å²) in [6.07, 6.45) is 36.8. The molecule has 0 fully saturated rings. The molecule has 1 atom stereocenters. The fraction of sp³-hybridized carbons (Fsp3) is 0.761. The van der Waals surface area contributed by atoms with Crippen LogP contribution < -0.4 is 0 Å². The summed E-state index contributed by atoms with van der Waals surface area (Å²) in [6, 6.07) is 0. The third-order valence-electron chi connectivity index (χ3n) is 9.12. The van der Waals surface area contributed by atoms with Crippen LogP contribution in [0.15, 0.2) is 48.6 Å². The zero-order chi connectivity index (χ0) is 39.4. The van der Waals surface area contributed by atoms with Gasteiger partial charge in [-0.2, -0.15) is 0 Å². The summed E-state index contributed by atoms with van der Waals surface area (Å²) in [5.74, 6) is 0.166. The number of unbranched alkanes of at least 4 members (excludes halogenated alkanes) is 10. The zero-order valence-corrected chi connectivity index (χ0v) is 35.3. The average Bonchev–Trinajstić information content (AvgIpc) is 3.08. The van der Waals surface area contributed by atoms with E-state index in [1.807, 2.05) is 24.3 Å². The predicted molar refractivity (Wildman–Crippen MR) is 223 cm³/mol. The maximum atomic E-state index is 13.1. The lowest BCUT2D eigenvalue weighted by atomic mass is 9.80. The maximum Gasteiger partial charge on any atom is 0.306 e. The quantitative estimate of drug-likeness (QED) is 0.0277. The number of hydrogen-bond donors (Lipinski definition) is 0. The van der Waals surface area contributed by atoms with E-state index in [2.05, 4.69) is 77.9 Å². The molecule has 0 aliphatic carbocycles. The summed E-state index contributed by atoms with van der Waals surface area (Å²) < 4.78 is 16.8. The van der Waals surface area contributed by atoms with Crippen molar-refractivity contribution in [1.29, 1.82) is 0 Å². The Bertz CT molecular complexity index is 969. The van der Waals surface area contributed by atoms with Crippen LogP contribution >= 0.6 is 0 Å². The highest BCUT2D eigenvalue weighted by Gasteiger charge is 2.27. The standard InChI is InChI=1S/C46H81NO6/c1-8-10-12-14-16-24-30-36-51-43(48)34-28-22-18-20-26-32-42(53-45(50)39-46(4,5)38-41(3)40-47(6)7)33-27-21-19-23-29-35-44(49)52-37-31-25-17-15-13-11-9-2/h12-15,24-25,30-31,41-42H,8-11,16-23,26-29,32-40H2,1-7H3/b14-12-,15-13-,30-24-,31-25-. The van der Waals surface area contributed by atoms with Crippen molar-refractivity contribution in [1.82, 2.24) is 4.90 Å². The molecule has 0 rings (SSSR count). The second-order valence-electron chi connectivity index (χ2n) is 15.9. The molecule has 306 valence electrons. The van der Waals surface area contributed by atoms with E-state index in [0.717, 1.165) is 129 Å². The van der Waals surface area contributed by atoms with Gasteiger partial charge in [0.15, 0.2) is 0 Å². The Labute approximate surface area is 326 Å². The van der Waals surface area contributed by atoms with Crippen LogP contribution in [0.25, 0.3) is 0 Å². The van der Waals surface area contributed by atoms with Crippen LogP contribution in [0, 0.1) is 11.3 Å². The van der Waals surface area contributed by atoms with Crippen molar-refractivity contribution in [3.63, 3.8) is 0 Å². The number of hydrogen-bond acceptors (Lipinski definition) is 7. The van der Waals surface area contributed by atoms with Crippen LogP contribution in [0.5, 0.6) is 0 Å². The molecule has 0 radical (unpaired) electrons. The molecule has 1 unspecified atom stereocenters. The molecule has 7 nitrogen and oxygen atoms in total. The van der Waals surface area contributed by atoms with Gasteiger partial charge in [-0.25, -0.2) is 0 Å². The Balaban J connectivity index is 4.52. The Hall–Kier alpha value is -2.67. The molecule has 0 saturated heterocycles. The molecule has 7 heteroatoms. The molecule has 0 aromatic carbocycles. The molecule has 0 saturated carbocycles. The molecular formula is C46H81NO6. The van der Waals surface area contributed by atoms with Crippen molar-refractivity contribution >= 4 is 17.9 Å². The molecule has 0 aromatic rings. The van der Waals surface area contributed by atoms with Gasteiger partial charge in [0.1, 0.15) is 19.3 Å². The largest absolute Gasteiger partial charge is 0.462 e. The molecule has 0 amide bonds. The highest BCUT2D eigenvalue weighted by atomic mass is 16.5. The van der Waals surface area contributed by atoms with E-state index in [1.54, 1.807) is 0 Å². The summed E-state index contributed by atoms with van der Waals surface area (Å²) in [6.45, 7) is 12.6. The average molecular weight is 744 g/mol. The fourth-order valence-corrected chi connectivity index (χ4v) is 6.60. The number of ether oxygens (including phenoxy) is 3. The Morgan fingerprint density at radius 2 is 1.04 bits per heavy atom. The third-order valence-corrected chi connectivity index (χ3v) is 9.12. The van der Waals surface area contributed by atoms with Crippen LogP contribution in [-0.2, 0) is 28.6 Å². The smallest absolute Gasteiger partial charge is 0.306 e. The summed E-state index contributed by atoms with van der Waals surface area (Å²) in [5.41, 5.74) is -0.108. The van der Waals surface area contributed by atoms with Gasteiger partial charge in [-0.3, -0.25) is 14.4 Å². The third kappa shape index (κ3) is 36.1. The van der Waals surface area contributed by atoms with E-state index in [9.17, 15) is 14.4 Å². The van der Waals surface area contributed by atoms with Crippen LogP contribution in [0.1, 0.15) is 176 Å². The molecule has 0 aliphatic heterocycles. The number of carbonyl (C=O) groups excluding carboxylic acids is 3. The van der Waals surface area contributed by atoms with Gasteiger partial charge >= 0.3 is 17.9 Å². The fourth-order valence-electron chi connectivity index (χ4n) is 6.60. The van der Waals surface area contributed by atoms with E-state index in [-0.39, 0.29) is 29.4 Å². The van der Waals surface area contributed by atoms with Gasteiger partial charge in [0, 0.05) is 19.4 Å². The van der Waals surface area contributed by atoms with Crippen molar-refractivity contribution in [3.05, 3.63) is 48.6 Å². The number of nitrogens with zero attached hydrogens (tertiary/aromatic N) is 1. The maximum absolute atomic E-state index is 13.1. The van der Waals surface area contributed by atoms with Gasteiger partial charge in [0.25, 0.3) is 0 Å². The first-order valence-corrected chi connectivity index (χ1v) is 21.2. The predicted octanol–water partition coefficient (Wildman–Crippen LogP) is 12.1. The lowest BCUT2D eigenvalue weighted by Gasteiger charge is -2.29. The van der Waals surface area contributed by atoms with Gasteiger partial charge < -0.3 is 19.1 Å². The second kappa shape index (κ2) is 35.1. The summed E-state index contributed by atoms with van der Waals surface area (Å²) >= 11 is 0. The van der Waals surface area contributed by atoms with Crippen molar-refractivity contribution in [2.45, 2.75) is 182 Å². The normalized spacial score (nSPS) is 13.0. The summed E-state index contributed by atoms with van der Waals surface area (Å²) in [5, 5.41) is 0. The highest BCUT2D eigenvalue weighted by molar-refractivity contribution is 5.70. The monoisotopic (exact) mass is 744 g/mol. The number of carbonyl (C=O) groups is 3. The highest BCUT2D eigenvalue weighted by Crippen LogP contribution is 2.31. The number of allylic oxidation sites excluding steroid dienone is 6. The lowest BCUT2D eigenvalue weighted by Crippen LogP contribution is -2.28. The first-order valence-electron chi connectivity index (χ1n) is 21.2. The molecule has 0 N–H and O–H groups in total. The van der Waals surface area contributed by atoms with Gasteiger partial charge in [0.2, 0.25) is 0 Å². The van der Waals surface area contributed by atoms with E-state index in [1.165, 1.54) is 0 Å². The molecular weight excluding hydrogens is 663 g/mol. The van der Waals surface area contributed by atoms with E-state index < -0.39 is 0 Å². The van der Waals surface area contributed by atoms with Gasteiger partial charge in [-0.1, -0.05) is 135 Å². The minimum Gasteiger partial charge on any atom is -0.462 e. The molecule has 0 bridgehead atoms. The Morgan fingerprint density at radius 1 is 0.604 bits per heavy atom. The Kier molecular flexibility index (Phi) is 33.3. The minimum atomic E-state index is -0.128. The minimum absolute atomic E-state index is 0.0622.